The first-order chi connectivity index (χ1) is 9.41. The van der Waals surface area contributed by atoms with Crippen LogP contribution in [0.1, 0.15) is 32.6 Å². The van der Waals surface area contributed by atoms with Crippen LogP contribution in [-0.2, 0) is 19.4 Å². The summed E-state index contributed by atoms with van der Waals surface area (Å²) in [7, 11) is -3.62. The smallest absolute Gasteiger partial charge is 0.221 e. The third-order valence-corrected chi connectivity index (χ3v) is 5.55. The normalized spacial score (nSPS) is 19.6. The molecule has 0 spiro atoms. The molecule has 1 aliphatic carbocycles. The first-order valence-electron chi connectivity index (χ1n) is 6.55. The van der Waals surface area contributed by atoms with E-state index in [0.29, 0.717) is 18.5 Å². The molecule has 5 nitrogen and oxygen atoms in total. The second-order valence-electron chi connectivity index (χ2n) is 4.95. The molecule has 1 fully saturated rings. The number of benzene rings is 1. The summed E-state index contributed by atoms with van der Waals surface area (Å²) in [5.74, 6) is -0.412. The van der Waals surface area contributed by atoms with Crippen molar-refractivity contribution in [1.29, 1.82) is 0 Å². The second kappa shape index (κ2) is 5.75. The van der Waals surface area contributed by atoms with Crippen LogP contribution >= 0.6 is 0 Å². The van der Waals surface area contributed by atoms with Gasteiger partial charge in [0.2, 0.25) is 5.91 Å². The number of rotatable bonds is 3. The van der Waals surface area contributed by atoms with Gasteiger partial charge in [0, 0.05) is 19.0 Å². The molecular formula is C14H17NO4S. The standard InChI is InChI=1S/C14H17NO4S/c1-10(16)15-11-6-8-12(9-7-11)20(18,19)14-5-3-2-4-13(14)17/h6-9,14H,2-5H2,1H3,(H,15,16)/t14-/m0/s1. The van der Waals surface area contributed by atoms with Gasteiger partial charge in [0.1, 0.15) is 5.25 Å². The highest BCUT2D eigenvalue weighted by molar-refractivity contribution is 7.92. The van der Waals surface area contributed by atoms with Crippen molar-refractivity contribution >= 4 is 27.2 Å². The molecule has 1 aromatic rings. The van der Waals surface area contributed by atoms with Crippen molar-refractivity contribution in [2.24, 2.45) is 0 Å². The minimum absolute atomic E-state index is 0.131. The Bertz CT molecular complexity index is 619. The van der Waals surface area contributed by atoms with Crippen LogP contribution in [0.5, 0.6) is 0 Å². The first-order valence-corrected chi connectivity index (χ1v) is 8.10. The van der Waals surface area contributed by atoms with Crippen molar-refractivity contribution in [3.8, 4) is 0 Å². The molecule has 6 heteroatoms. The molecule has 1 atom stereocenters. The molecule has 20 heavy (non-hydrogen) atoms. The maximum absolute atomic E-state index is 12.4. The molecule has 0 aromatic heterocycles. The van der Waals surface area contributed by atoms with Crippen LogP contribution < -0.4 is 5.32 Å². The molecular weight excluding hydrogens is 278 g/mol. The van der Waals surface area contributed by atoms with E-state index in [0.717, 1.165) is 12.8 Å². The Balaban J connectivity index is 2.25. The van der Waals surface area contributed by atoms with E-state index in [1.807, 2.05) is 0 Å². The molecule has 0 aliphatic heterocycles. The molecule has 1 aromatic carbocycles. The molecule has 1 amide bonds. The van der Waals surface area contributed by atoms with Crippen LogP contribution in [0.3, 0.4) is 0 Å². The lowest BCUT2D eigenvalue weighted by molar-refractivity contribution is -0.119. The van der Waals surface area contributed by atoms with E-state index in [-0.39, 0.29) is 16.6 Å². The number of sulfone groups is 1. The third-order valence-electron chi connectivity index (χ3n) is 3.38. The SMILES string of the molecule is CC(=O)Nc1ccc(S(=O)(=O)[C@H]2CCCCC2=O)cc1. The van der Waals surface area contributed by atoms with Crippen LogP contribution in [-0.4, -0.2) is 25.4 Å². The fourth-order valence-corrected chi connectivity index (χ4v) is 4.16. The largest absolute Gasteiger partial charge is 0.326 e. The van der Waals surface area contributed by atoms with Crippen LogP contribution in [0.25, 0.3) is 0 Å². The fourth-order valence-electron chi connectivity index (χ4n) is 2.37. The molecule has 0 unspecified atom stereocenters. The summed E-state index contributed by atoms with van der Waals surface area (Å²) in [6.45, 7) is 1.38. The molecule has 0 saturated heterocycles. The van der Waals surface area contributed by atoms with Crippen molar-refractivity contribution < 1.29 is 18.0 Å². The first kappa shape index (κ1) is 14.7. The van der Waals surface area contributed by atoms with E-state index >= 15 is 0 Å². The fraction of sp³-hybridized carbons (Fsp3) is 0.429. The maximum atomic E-state index is 12.4. The van der Waals surface area contributed by atoms with Crippen molar-refractivity contribution in [3.63, 3.8) is 0 Å². The minimum atomic E-state index is -3.62. The summed E-state index contributed by atoms with van der Waals surface area (Å²) < 4.78 is 24.8. The lowest BCUT2D eigenvalue weighted by Crippen LogP contribution is -2.33. The van der Waals surface area contributed by atoms with Crippen molar-refractivity contribution in [2.75, 3.05) is 5.32 Å². The van der Waals surface area contributed by atoms with Gasteiger partial charge in [0.25, 0.3) is 0 Å². The summed E-state index contributed by atoms with van der Waals surface area (Å²) in [6, 6.07) is 5.92. The number of Topliss-reactive ketones (excluding diaryl/α,β-unsaturated/α-hetero) is 1. The summed E-state index contributed by atoms with van der Waals surface area (Å²) in [6.07, 6.45) is 2.27. The quantitative estimate of drug-likeness (QED) is 0.924. The second-order valence-corrected chi connectivity index (χ2v) is 7.08. The van der Waals surface area contributed by atoms with E-state index < -0.39 is 15.1 Å². The molecule has 1 N–H and O–H groups in total. The topological polar surface area (TPSA) is 80.3 Å². The van der Waals surface area contributed by atoms with Crippen molar-refractivity contribution in [1.82, 2.24) is 0 Å². The van der Waals surface area contributed by atoms with Gasteiger partial charge in [0.15, 0.2) is 15.6 Å². The number of hydrogen-bond acceptors (Lipinski definition) is 4. The molecule has 1 aliphatic rings. The Morgan fingerprint density at radius 1 is 1.20 bits per heavy atom. The average Bonchev–Trinajstić information content (AvgIpc) is 2.39. The predicted octanol–water partition coefficient (Wildman–Crippen LogP) is 1.93. The zero-order valence-electron chi connectivity index (χ0n) is 11.3. The van der Waals surface area contributed by atoms with E-state index in [1.165, 1.54) is 31.2 Å². The number of carbonyl (C=O) groups is 2. The zero-order chi connectivity index (χ0) is 14.8. The Hall–Kier alpha value is -1.69. The molecule has 1 saturated carbocycles. The van der Waals surface area contributed by atoms with Gasteiger partial charge in [-0.25, -0.2) is 8.42 Å². The van der Waals surface area contributed by atoms with E-state index in [9.17, 15) is 18.0 Å². The minimum Gasteiger partial charge on any atom is -0.326 e. The lowest BCUT2D eigenvalue weighted by atomic mass is 9.99. The van der Waals surface area contributed by atoms with Gasteiger partial charge in [-0.05, 0) is 37.1 Å². The Kier molecular flexibility index (Phi) is 4.23. The Morgan fingerprint density at radius 2 is 1.85 bits per heavy atom. The predicted molar refractivity (Wildman–Crippen MR) is 75.2 cm³/mol. The molecule has 0 heterocycles. The molecule has 108 valence electrons. The third kappa shape index (κ3) is 3.07. The van der Waals surface area contributed by atoms with Gasteiger partial charge in [0.05, 0.1) is 4.90 Å². The monoisotopic (exact) mass is 295 g/mol. The lowest BCUT2D eigenvalue weighted by Gasteiger charge is -2.20. The van der Waals surface area contributed by atoms with Gasteiger partial charge < -0.3 is 5.32 Å². The summed E-state index contributed by atoms with van der Waals surface area (Å²) in [5, 5.41) is 1.66. The number of nitrogens with one attached hydrogen (secondary N) is 1. The summed E-state index contributed by atoms with van der Waals surface area (Å²) in [4.78, 5) is 22.8. The van der Waals surface area contributed by atoms with E-state index in [4.69, 9.17) is 0 Å². The number of amides is 1. The van der Waals surface area contributed by atoms with E-state index in [2.05, 4.69) is 5.32 Å². The Morgan fingerprint density at radius 3 is 2.40 bits per heavy atom. The number of anilines is 1. The van der Waals surface area contributed by atoms with Crippen molar-refractivity contribution in [3.05, 3.63) is 24.3 Å². The highest BCUT2D eigenvalue weighted by Crippen LogP contribution is 2.27. The zero-order valence-corrected chi connectivity index (χ0v) is 12.1. The average molecular weight is 295 g/mol. The van der Waals surface area contributed by atoms with Gasteiger partial charge in [-0.15, -0.1) is 0 Å². The van der Waals surface area contributed by atoms with Gasteiger partial charge in [-0.3, -0.25) is 9.59 Å². The van der Waals surface area contributed by atoms with Crippen LogP contribution in [0, 0.1) is 0 Å². The van der Waals surface area contributed by atoms with Gasteiger partial charge >= 0.3 is 0 Å². The van der Waals surface area contributed by atoms with Gasteiger partial charge in [-0.2, -0.15) is 0 Å². The molecule has 0 bridgehead atoms. The molecule has 0 radical (unpaired) electrons. The Labute approximate surface area is 118 Å². The molecule has 2 rings (SSSR count). The number of carbonyl (C=O) groups excluding carboxylic acids is 2. The van der Waals surface area contributed by atoms with Gasteiger partial charge in [-0.1, -0.05) is 6.42 Å². The van der Waals surface area contributed by atoms with E-state index in [1.54, 1.807) is 0 Å². The van der Waals surface area contributed by atoms with Crippen molar-refractivity contribution in [2.45, 2.75) is 42.8 Å². The van der Waals surface area contributed by atoms with Crippen LogP contribution in [0.2, 0.25) is 0 Å². The highest BCUT2D eigenvalue weighted by atomic mass is 32.2. The number of hydrogen-bond donors (Lipinski definition) is 1. The number of ketones is 1. The maximum Gasteiger partial charge on any atom is 0.221 e. The van der Waals surface area contributed by atoms with Crippen LogP contribution in [0.4, 0.5) is 5.69 Å². The highest BCUT2D eigenvalue weighted by Gasteiger charge is 2.35. The summed E-state index contributed by atoms with van der Waals surface area (Å²) in [5.41, 5.74) is 0.534. The summed E-state index contributed by atoms with van der Waals surface area (Å²) >= 11 is 0. The van der Waals surface area contributed by atoms with Crippen LogP contribution in [0.15, 0.2) is 29.2 Å².